The molecule has 162 valence electrons. The van der Waals surface area contributed by atoms with E-state index in [4.69, 9.17) is 4.74 Å². The summed E-state index contributed by atoms with van der Waals surface area (Å²) in [5.41, 5.74) is 1.73. The molecule has 4 heterocycles. The first kappa shape index (κ1) is 19.8. The molecule has 0 aliphatic carbocycles. The number of methoxy groups -OCH3 is 1. The van der Waals surface area contributed by atoms with Crippen LogP contribution < -0.4 is 10.2 Å². The Balaban J connectivity index is 1.34. The summed E-state index contributed by atoms with van der Waals surface area (Å²) < 4.78 is 22.3. The van der Waals surface area contributed by atoms with Crippen LogP contribution in [0.25, 0.3) is 16.9 Å². The van der Waals surface area contributed by atoms with E-state index in [9.17, 15) is 5.11 Å². The van der Waals surface area contributed by atoms with Crippen LogP contribution in [0.2, 0.25) is 0 Å². The number of anilines is 1. The minimum Gasteiger partial charge on any atom is -0.507 e. The first-order valence-corrected chi connectivity index (χ1v) is 10.2. The van der Waals surface area contributed by atoms with Crippen molar-refractivity contribution in [1.29, 1.82) is 0 Å². The molecule has 31 heavy (non-hydrogen) atoms. The molecule has 2 bridgehead atoms. The fourth-order valence-corrected chi connectivity index (χ4v) is 4.61. The summed E-state index contributed by atoms with van der Waals surface area (Å²) in [5.74, 6) is 0.411. The number of benzene rings is 1. The van der Waals surface area contributed by atoms with Crippen LogP contribution in [-0.2, 0) is 4.74 Å². The van der Waals surface area contributed by atoms with Crippen molar-refractivity contribution < 1.29 is 14.2 Å². The van der Waals surface area contributed by atoms with Gasteiger partial charge in [0.05, 0.1) is 30.4 Å². The minimum absolute atomic E-state index is 0.0244. The molecule has 1 aromatic carbocycles. The van der Waals surface area contributed by atoms with Crippen molar-refractivity contribution >= 4 is 5.95 Å². The molecule has 9 nitrogen and oxygen atoms in total. The number of halogens is 1. The quantitative estimate of drug-likeness (QED) is 0.637. The van der Waals surface area contributed by atoms with Gasteiger partial charge in [0.15, 0.2) is 0 Å². The molecular formula is C21H24FN7O2. The highest BCUT2D eigenvalue weighted by atomic mass is 19.1. The third-order valence-corrected chi connectivity index (χ3v) is 6.34. The van der Waals surface area contributed by atoms with Crippen molar-refractivity contribution in [2.75, 3.05) is 19.1 Å². The van der Waals surface area contributed by atoms with E-state index >= 15 is 4.39 Å². The molecule has 0 radical (unpaired) electrons. The van der Waals surface area contributed by atoms with E-state index in [1.165, 1.54) is 0 Å². The first-order chi connectivity index (χ1) is 15.0. The van der Waals surface area contributed by atoms with E-state index in [0.717, 1.165) is 5.69 Å². The highest BCUT2D eigenvalue weighted by molar-refractivity contribution is 5.68. The highest BCUT2D eigenvalue weighted by Crippen LogP contribution is 2.34. The molecule has 2 aliphatic heterocycles. The van der Waals surface area contributed by atoms with E-state index in [2.05, 4.69) is 25.5 Å². The van der Waals surface area contributed by atoms with E-state index in [1.54, 1.807) is 60.7 Å². The van der Waals surface area contributed by atoms with Crippen molar-refractivity contribution in [3.63, 3.8) is 0 Å². The maximum Gasteiger partial charge on any atom is 0.245 e. The average Bonchev–Trinajstić information content (AvgIpc) is 3.44. The van der Waals surface area contributed by atoms with Gasteiger partial charge in [0.1, 0.15) is 17.6 Å². The number of aromatic nitrogens is 5. The molecule has 10 heteroatoms. The lowest BCUT2D eigenvalue weighted by atomic mass is 9.96. The van der Waals surface area contributed by atoms with Gasteiger partial charge in [-0.25, -0.2) is 14.4 Å². The molecule has 0 amide bonds. The number of alkyl halides is 1. The maximum atomic E-state index is 15.1. The van der Waals surface area contributed by atoms with Crippen molar-refractivity contribution in [2.24, 2.45) is 0 Å². The molecular weight excluding hydrogens is 401 g/mol. The summed E-state index contributed by atoms with van der Waals surface area (Å²) in [6.07, 6.45) is 6.90. The second kappa shape index (κ2) is 7.86. The molecule has 2 aromatic heterocycles. The second-order valence-electron chi connectivity index (χ2n) is 8.06. The van der Waals surface area contributed by atoms with Gasteiger partial charge < -0.3 is 24.6 Å². The number of aromatic hydroxyl groups is 1. The Morgan fingerprint density at radius 3 is 2.81 bits per heavy atom. The predicted octanol–water partition coefficient (Wildman–Crippen LogP) is 1.72. The van der Waals surface area contributed by atoms with Crippen LogP contribution in [0, 0.1) is 0 Å². The zero-order chi connectivity index (χ0) is 21.5. The standard InChI is InChI=1S/C21H24FN7O2/c1-28(17-8-14-19(31-2)9-15(25-14)20(17)22)21-24-10-16(26-27-21)13-4-3-12(7-18(13)30)29-6-5-23-11-29/h3-7,10-11,14-15,17,19-20,25,30H,8-9H2,1-2H3/t14?,15-,17+,19+,20+/m0/s1. The molecule has 1 unspecified atom stereocenters. The van der Waals surface area contributed by atoms with Gasteiger partial charge in [-0.15, -0.1) is 10.2 Å². The molecule has 0 saturated carbocycles. The molecule has 2 N–H and O–H groups in total. The number of rotatable bonds is 5. The number of piperidine rings is 1. The Kier molecular flexibility index (Phi) is 5.03. The van der Waals surface area contributed by atoms with Crippen LogP contribution in [0.15, 0.2) is 43.1 Å². The fourth-order valence-electron chi connectivity index (χ4n) is 4.61. The monoisotopic (exact) mass is 425 g/mol. The molecule has 5 rings (SSSR count). The molecule has 2 fully saturated rings. The predicted molar refractivity (Wildman–Crippen MR) is 112 cm³/mol. The van der Waals surface area contributed by atoms with Crippen LogP contribution in [0.4, 0.5) is 10.3 Å². The van der Waals surface area contributed by atoms with Gasteiger partial charge in [-0.3, -0.25) is 0 Å². The van der Waals surface area contributed by atoms with E-state index < -0.39 is 6.17 Å². The van der Waals surface area contributed by atoms with Gasteiger partial charge >= 0.3 is 0 Å². The van der Waals surface area contributed by atoms with Crippen LogP contribution >= 0.6 is 0 Å². The zero-order valence-corrected chi connectivity index (χ0v) is 17.3. The number of phenols is 1. The van der Waals surface area contributed by atoms with Gasteiger partial charge in [-0.2, -0.15) is 0 Å². The zero-order valence-electron chi connectivity index (χ0n) is 17.3. The summed E-state index contributed by atoms with van der Waals surface area (Å²) >= 11 is 0. The lowest BCUT2D eigenvalue weighted by molar-refractivity contribution is 0.0876. The summed E-state index contributed by atoms with van der Waals surface area (Å²) in [5, 5.41) is 22.2. The van der Waals surface area contributed by atoms with E-state index in [0.29, 0.717) is 30.0 Å². The molecule has 2 saturated heterocycles. The van der Waals surface area contributed by atoms with Crippen molar-refractivity contribution in [3.8, 4) is 22.7 Å². The molecule has 3 aromatic rings. The number of ether oxygens (including phenoxy) is 1. The van der Waals surface area contributed by atoms with E-state index in [-0.39, 0.29) is 30.0 Å². The Labute approximate surface area is 178 Å². The topological polar surface area (TPSA) is 101 Å². The summed E-state index contributed by atoms with van der Waals surface area (Å²) in [6.45, 7) is 0. The summed E-state index contributed by atoms with van der Waals surface area (Å²) in [4.78, 5) is 10.2. The van der Waals surface area contributed by atoms with Gasteiger partial charge in [0.25, 0.3) is 0 Å². The van der Waals surface area contributed by atoms with Crippen molar-refractivity contribution in [1.82, 2.24) is 30.0 Å². The first-order valence-electron chi connectivity index (χ1n) is 10.2. The van der Waals surface area contributed by atoms with Crippen LogP contribution in [0.3, 0.4) is 0 Å². The lowest BCUT2D eigenvalue weighted by Crippen LogP contribution is -2.56. The number of nitrogens with one attached hydrogen (secondary N) is 1. The molecule has 5 atom stereocenters. The second-order valence-corrected chi connectivity index (χ2v) is 8.06. The normalized spacial score (nSPS) is 27.4. The largest absolute Gasteiger partial charge is 0.507 e. The number of imidazole rings is 1. The summed E-state index contributed by atoms with van der Waals surface area (Å²) in [6, 6.07) is 4.77. The van der Waals surface area contributed by atoms with Gasteiger partial charge in [-0.05, 0) is 25.0 Å². The lowest BCUT2D eigenvalue weighted by Gasteiger charge is -2.38. The molecule has 0 spiro atoms. The van der Waals surface area contributed by atoms with Crippen LogP contribution in [0.5, 0.6) is 5.75 Å². The molecule has 2 aliphatic rings. The number of hydrogen-bond donors (Lipinski definition) is 2. The Morgan fingerprint density at radius 2 is 2.13 bits per heavy atom. The average molecular weight is 425 g/mol. The van der Waals surface area contributed by atoms with Gasteiger partial charge in [0.2, 0.25) is 5.95 Å². The third-order valence-electron chi connectivity index (χ3n) is 6.34. The minimum atomic E-state index is -1.05. The fraction of sp³-hybridized carbons (Fsp3) is 0.429. The van der Waals surface area contributed by atoms with Crippen LogP contribution in [-0.4, -0.2) is 74.4 Å². The number of nitrogens with zero attached hydrogens (tertiary/aromatic N) is 6. The smallest absolute Gasteiger partial charge is 0.245 e. The highest BCUT2D eigenvalue weighted by Gasteiger charge is 2.48. The van der Waals surface area contributed by atoms with Crippen LogP contribution in [0.1, 0.15) is 12.8 Å². The maximum absolute atomic E-state index is 15.1. The number of hydrogen-bond acceptors (Lipinski definition) is 8. The Morgan fingerprint density at radius 1 is 1.26 bits per heavy atom. The van der Waals surface area contributed by atoms with E-state index in [1.807, 2.05) is 6.07 Å². The van der Waals surface area contributed by atoms with Gasteiger partial charge in [0, 0.05) is 50.3 Å². The third kappa shape index (κ3) is 3.51. The van der Waals surface area contributed by atoms with Crippen molar-refractivity contribution in [3.05, 3.63) is 43.1 Å². The Hall–Kier alpha value is -3.11. The van der Waals surface area contributed by atoms with Gasteiger partial charge in [-0.1, -0.05) is 0 Å². The number of phenolic OH excluding ortho intramolecular Hbond substituents is 1. The Bertz CT molecular complexity index is 1050. The number of fused-ring (bicyclic) bond motifs is 2. The van der Waals surface area contributed by atoms with Crippen molar-refractivity contribution in [2.45, 2.75) is 43.2 Å². The SMILES string of the molecule is CO[C@@H]1C[C@@H]2NC1C[C@@H](N(C)c1ncc(-c3ccc(-n4ccnc4)cc3O)nn1)[C@@H]2F. The summed E-state index contributed by atoms with van der Waals surface area (Å²) in [7, 11) is 3.46.